The van der Waals surface area contributed by atoms with Crippen molar-refractivity contribution in [1.82, 2.24) is 0 Å². The van der Waals surface area contributed by atoms with Gasteiger partial charge < -0.3 is 9.47 Å². The van der Waals surface area contributed by atoms with E-state index < -0.39 is 18.0 Å². The molecular formula is C24H32O4. The SMILES string of the molecule is C=C(C)C#CC(CC(C)C)OC(=O)c1ccccc1C(=O)OCCCCCC. The maximum Gasteiger partial charge on any atom is 0.340 e. The van der Waals surface area contributed by atoms with Gasteiger partial charge in [-0.25, -0.2) is 9.59 Å². The highest BCUT2D eigenvalue weighted by molar-refractivity contribution is 6.03. The maximum atomic E-state index is 12.7. The molecule has 0 aliphatic heterocycles. The molecular weight excluding hydrogens is 352 g/mol. The van der Waals surface area contributed by atoms with Crippen molar-refractivity contribution in [3.63, 3.8) is 0 Å². The first-order valence-electron chi connectivity index (χ1n) is 9.99. The van der Waals surface area contributed by atoms with E-state index >= 15 is 0 Å². The summed E-state index contributed by atoms with van der Waals surface area (Å²) in [6.07, 6.45) is 4.13. The standard InChI is InChI=1S/C24H32O4/c1-6-7-8-11-16-27-23(25)21-12-9-10-13-22(21)24(26)28-20(17-19(4)5)15-14-18(2)3/h9-10,12-13,19-20H,2,6-8,11,16-17H2,1,3-5H3. The fourth-order valence-corrected chi connectivity index (χ4v) is 2.57. The zero-order valence-corrected chi connectivity index (χ0v) is 17.5. The summed E-state index contributed by atoms with van der Waals surface area (Å²) in [5.41, 5.74) is 1.13. The number of carbonyl (C=O) groups is 2. The Kier molecular flexibility index (Phi) is 10.7. The Morgan fingerprint density at radius 1 is 1.07 bits per heavy atom. The van der Waals surface area contributed by atoms with Gasteiger partial charge in [0.15, 0.2) is 6.10 Å². The fraction of sp³-hybridized carbons (Fsp3) is 0.500. The van der Waals surface area contributed by atoms with Crippen LogP contribution >= 0.6 is 0 Å². The molecule has 0 radical (unpaired) electrons. The van der Waals surface area contributed by atoms with E-state index in [2.05, 4.69) is 25.3 Å². The van der Waals surface area contributed by atoms with Gasteiger partial charge in [-0.15, -0.1) is 0 Å². The van der Waals surface area contributed by atoms with E-state index in [1.807, 2.05) is 13.8 Å². The molecule has 0 spiro atoms. The Hall–Kier alpha value is -2.54. The van der Waals surface area contributed by atoms with Crippen molar-refractivity contribution in [2.75, 3.05) is 6.61 Å². The number of carbonyl (C=O) groups excluding carboxylic acids is 2. The van der Waals surface area contributed by atoms with Crippen molar-refractivity contribution in [2.24, 2.45) is 5.92 Å². The van der Waals surface area contributed by atoms with Gasteiger partial charge in [0.05, 0.1) is 17.7 Å². The minimum absolute atomic E-state index is 0.201. The molecule has 0 saturated carbocycles. The van der Waals surface area contributed by atoms with Crippen LogP contribution in [0.4, 0.5) is 0 Å². The minimum Gasteiger partial charge on any atom is -0.462 e. The number of hydrogen-bond acceptors (Lipinski definition) is 4. The predicted molar refractivity (Wildman–Crippen MR) is 112 cm³/mol. The topological polar surface area (TPSA) is 52.6 Å². The number of hydrogen-bond donors (Lipinski definition) is 0. The summed E-state index contributed by atoms with van der Waals surface area (Å²) in [5, 5.41) is 0. The van der Waals surface area contributed by atoms with Gasteiger partial charge >= 0.3 is 11.9 Å². The van der Waals surface area contributed by atoms with Gasteiger partial charge in [-0.05, 0) is 43.4 Å². The molecule has 0 N–H and O–H groups in total. The van der Waals surface area contributed by atoms with Crippen LogP contribution in [0.25, 0.3) is 0 Å². The summed E-state index contributed by atoms with van der Waals surface area (Å²) >= 11 is 0. The van der Waals surface area contributed by atoms with Crippen molar-refractivity contribution < 1.29 is 19.1 Å². The molecule has 0 fully saturated rings. The van der Waals surface area contributed by atoms with Gasteiger partial charge in [-0.3, -0.25) is 0 Å². The molecule has 0 aliphatic rings. The lowest BCUT2D eigenvalue weighted by atomic mass is 10.0. The molecule has 0 aliphatic carbocycles. The van der Waals surface area contributed by atoms with Crippen molar-refractivity contribution in [2.45, 2.75) is 65.9 Å². The molecule has 4 heteroatoms. The molecule has 0 bridgehead atoms. The molecule has 1 rings (SSSR count). The van der Waals surface area contributed by atoms with Gasteiger partial charge in [0.2, 0.25) is 0 Å². The molecule has 0 heterocycles. The molecule has 4 nitrogen and oxygen atoms in total. The number of unbranched alkanes of at least 4 members (excludes halogenated alkanes) is 3. The van der Waals surface area contributed by atoms with Crippen molar-refractivity contribution in [3.8, 4) is 11.8 Å². The lowest BCUT2D eigenvalue weighted by Gasteiger charge is -2.16. The zero-order valence-electron chi connectivity index (χ0n) is 17.5. The Morgan fingerprint density at radius 3 is 2.29 bits per heavy atom. The number of allylic oxidation sites excluding steroid dienone is 1. The average molecular weight is 385 g/mol. The Labute approximate surface area is 169 Å². The zero-order chi connectivity index (χ0) is 20.9. The largest absolute Gasteiger partial charge is 0.462 e. The quantitative estimate of drug-likeness (QED) is 0.300. The lowest BCUT2D eigenvalue weighted by Crippen LogP contribution is -2.21. The van der Waals surface area contributed by atoms with Gasteiger partial charge in [0.1, 0.15) is 0 Å². The second kappa shape index (κ2) is 12.8. The van der Waals surface area contributed by atoms with Gasteiger partial charge in [-0.1, -0.05) is 70.6 Å². The molecule has 0 amide bonds. The highest BCUT2D eigenvalue weighted by Crippen LogP contribution is 2.16. The third-order valence-corrected chi connectivity index (χ3v) is 3.98. The van der Waals surface area contributed by atoms with E-state index in [1.54, 1.807) is 31.2 Å². The third-order valence-electron chi connectivity index (χ3n) is 3.98. The molecule has 28 heavy (non-hydrogen) atoms. The first-order chi connectivity index (χ1) is 13.3. The molecule has 1 aromatic carbocycles. The van der Waals surface area contributed by atoms with Crippen molar-refractivity contribution in [3.05, 3.63) is 47.5 Å². The summed E-state index contributed by atoms with van der Waals surface area (Å²) < 4.78 is 10.9. The summed E-state index contributed by atoms with van der Waals surface area (Å²) in [7, 11) is 0. The third kappa shape index (κ3) is 8.90. The van der Waals surface area contributed by atoms with Crippen molar-refractivity contribution in [1.29, 1.82) is 0 Å². The van der Waals surface area contributed by atoms with E-state index in [9.17, 15) is 9.59 Å². The van der Waals surface area contributed by atoms with Crippen LogP contribution in [-0.4, -0.2) is 24.6 Å². The van der Waals surface area contributed by atoms with E-state index in [1.165, 1.54) is 0 Å². The highest BCUT2D eigenvalue weighted by atomic mass is 16.5. The molecule has 0 aromatic heterocycles. The van der Waals surface area contributed by atoms with Crippen LogP contribution in [0.15, 0.2) is 36.4 Å². The number of benzene rings is 1. The second-order valence-corrected chi connectivity index (χ2v) is 7.32. The van der Waals surface area contributed by atoms with Crippen LogP contribution in [0.1, 0.15) is 80.5 Å². The normalized spacial score (nSPS) is 11.3. The summed E-state index contributed by atoms with van der Waals surface area (Å²) in [6.45, 7) is 12.1. The number of rotatable bonds is 10. The Bertz CT molecular complexity index is 722. The first-order valence-corrected chi connectivity index (χ1v) is 9.99. The van der Waals surface area contributed by atoms with Crippen molar-refractivity contribution >= 4 is 11.9 Å². The van der Waals surface area contributed by atoms with Crippen LogP contribution in [0, 0.1) is 17.8 Å². The monoisotopic (exact) mass is 384 g/mol. The van der Waals surface area contributed by atoms with Gasteiger partial charge in [0, 0.05) is 0 Å². The summed E-state index contributed by atoms with van der Waals surface area (Å²) in [5.74, 6) is 5.06. The number of esters is 2. The molecule has 1 atom stereocenters. The Morgan fingerprint density at radius 2 is 1.71 bits per heavy atom. The lowest BCUT2D eigenvalue weighted by molar-refractivity contribution is 0.0360. The Balaban J connectivity index is 2.85. The highest BCUT2D eigenvalue weighted by Gasteiger charge is 2.22. The average Bonchev–Trinajstić information content (AvgIpc) is 2.65. The molecule has 152 valence electrons. The predicted octanol–water partition coefficient (Wildman–Crippen LogP) is 5.57. The summed E-state index contributed by atoms with van der Waals surface area (Å²) in [6, 6.07) is 6.57. The second-order valence-electron chi connectivity index (χ2n) is 7.32. The molecule has 1 aromatic rings. The fourth-order valence-electron chi connectivity index (χ4n) is 2.57. The van der Waals surface area contributed by atoms with Crippen LogP contribution in [0.3, 0.4) is 0 Å². The molecule has 1 unspecified atom stereocenters. The van der Waals surface area contributed by atoms with E-state index in [-0.39, 0.29) is 11.1 Å². The van der Waals surface area contributed by atoms with Crippen LogP contribution < -0.4 is 0 Å². The van der Waals surface area contributed by atoms with Crippen LogP contribution in [0.5, 0.6) is 0 Å². The number of ether oxygens (including phenoxy) is 2. The van der Waals surface area contributed by atoms with Gasteiger partial charge in [0.25, 0.3) is 0 Å². The van der Waals surface area contributed by atoms with E-state index in [4.69, 9.17) is 9.47 Å². The molecule has 0 saturated heterocycles. The minimum atomic E-state index is -0.569. The van der Waals surface area contributed by atoms with Gasteiger partial charge in [-0.2, -0.15) is 0 Å². The summed E-state index contributed by atoms with van der Waals surface area (Å²) in [4.78, 5) is 25.1. The van der Waals surface area contributed by atoms with E-state index in [0.717, 1.165) is 25.7 Å². The van der Waals surface area contributed by atoms with Crippen LogP contribution in [-0.2, 0) is 9.47 Å². The first kappa shape index (κ1) is 23.5. The smallest absolute Gasteiger partial charge is 0.340 e. The van der Waals surface area contributed by atoms with Crippen LogP contribution in [0.2, 0.25) is 0 Å². The van der Waals surface area contributed by atoms with E-state index in [0.29, 0.717) is 24.5 Å². The maximum absolute atomic E-state index is 12.7.